The maximum atomic E-state index is 12.5. The van der Waals surface area contributed by atoms with Crippen LogP contribution < -0.4 is 15.4 Å². The van der Waals surface area contributed by atoms with E-state index in [1.807, 2.05) is 42.5 Å². The summed E-state index contributed by atoms with van der Waals surface area (Å²) in [6.07, 6.45) is 2.82. The number of amides is 1. The van der Waals surface area contributed by atoms with Crippen molar-refractivity contribution >= 4 is 11.6 Å². The highest BCUT2D eigenvalue weighted by atomic mass is 16.5. The molecule has 2 aromatic rings. The number of nitrogens with one attached hydrogen (secondary N) is 2. The van der Waals surface area contributed by atoms with Gasteiger partial charge in [-0.1, -0.05) is 18.2 Å². The average Bonchev–Trinajstić information content (AvgIpc) is 2.61. The van der Waals surface area contributed by atoms with Crippen LogP contribution in [0.25, 0.3) is 0 Å². The number of fused-ring (bicyclic) bond motifs is 1. The molecule has 1 amide bonds. The number of rotatable bonds is 5. The van der Waals surface area contributed by atoms with E-state index < -0.39 is 0 Å². The van der Waals surface area contributed by atoms with E-state index in [0.29, 0.717) is 6.54 Å². The normalized spacial score (nSPS) is 12.9. The van der Waals surface area contributed by atoms with Gasteiger partial charge in [-0.05, 0) is 54.7 Å². The molecule has 0 radical (unpaired) electrons. The Morgan fingerprint density at radius 2 is 2.13 bits per heavy atom. The minimum atomic E-state index is 0.00782. The first-order valence-electron chi connectivity index (χ1n) is 8.05. The molecule has 0 saturated carbocycles. The molecule has 3 rings (SSSR count). The molecule has 2 N–H and O–H groups in total. The number of ether oxygens (including phenoxy) is 1. The van der Waals surface area contributed by atoms with Crippen molar-refractivity contribution in [1.82, 2.24) is 5.32 Å². The molecular weight excluding hydrogens is 288 g/mol. The largest absolute Gasteiger partial charge is 0.497 e. The van der Waals surface area contributed by atoms with E-state index in [0.717, 1.165) is 53.9 Å². The molecule has 1 aliphatic rings. The van der Waals surface area contributed by atoms with E-state index in [1.165, 1.54) is 0 Å². The van der Waals surface area contributed by atoms with Gasteiger partial charge in [-0.15, -0.1) is 0 Å². The van der Waals surface area contributed by atoms with E-state index in [-0.39, 0.29) is 5.91 Å². The van der Waals surface area contributed by atoms with E-state index in [9.17, 15) is 4.79 Å². The Kier molecular flexibility index (Phi) is 4.81. The summed E-state index contributed by atoms with van der Waals surface area (Å²) in [7, 11) is 1.66. The Labute approximate surface area is 136 Å². The summed E-state index contributed by atoms with van der Waals surface area (Å²) >= 11 is 0. The zero-order chi connectivity index (χ0) is 16.1. The van der Waals surface area contributed by atoms with Crippen LogP contribution in [-0.2, 0) is 12.8 Å². The molecule has 0 saturated heterocycles. The molecule has 0 bridgehead atoms. The van der Waals surface area contributed by atoms with Gasteiger partial charge in [-0.2, -0.15) is 0 Å². The third-order valence-corrected chi connectivity index (χ3v) is 4.17. The summed E-state index contributed by atoms with van der Waals surface area (Å²) in [6, 6.07) is 13.8. The second-order valence-corrected chi connectivity index (χ2v) is 5.72. The number of methoxy groups -OCH3 is 1. The molecule has 0 fully saturated rings. The van der Waals surface area contributed by atoms with Crippen LogP contribution in [0.4, 0.5) is 5.69 Å². The predicted octanol–water partition coefficient (Wildman–Crippen LogP) is 3.03. The molecule has 4 nitrogen and oxygen atoms in total. The summed E-state index contributed by atoms with van der Waals surface area (Å²) in [5.41, 5.74) is 4.18. The number of benzene rings is 2. The van der Waals surface area contributed by atoms with Crippen molar-refractivity contribution in [3.63, 3.8) is 0 Å². The second kappa shape index (κ2) is 7.18. The molecule has 1 heterocycles. The van der Waals surface area contributed by atoms with Crippen LogP contribution in [0.15, 0.2) is 42.5 Å². The van der Waals surface area contributed by atoms with Gasteiger partial charge < -0.3 is 15.4 Å². The fraction of sp³-hybridized carbons (Fsp3) is 0.316. The summed E-state index contributed by atoms with van der Waals surface area (Å²) in [4.78, 5) is 12.5. The van der Waals surface area contributed by atoms with E-state index in [2.05, 4.69) is 10.6 Å². The van der Waals surface area contributed by atoms with Crippen LogP contribution >= 0.6 is 0 Å². The SMILES string of the molecule is COc1cccc(CCNC(=O)c2cccc3c2CCCN3)c1. The number of carbonyl (C=O) groups is 1. The first-order chi connectivity index (χ1) is 11.3. The fourth-order valence-corrected chi connectivity index (χ4v) is 2.97. The molecule has 0 atom stereocenters. The third-order valence-electron chi connectivity index (χ3n) is 4.17. The van der Waals surface area contributed by atoms with Gasteiger partial charge in [0.05, 0.1) is 7.11 Å². The highest BCUT2D eigenvalue weighted by Gasteiger charge is 2.16. The molecule has 23 heavy (non-hydrogen) atoms. The van der Waals surface area contributed by atoms with E-state index >= 15 is 0 Å². The van der Waals surface area contributed by atoms with Crippen LogP contribution in [0.1, 0.15) is 27.9 Å². The highest BCUT2D eigenvalue weighted by molar-refractivity contribution is 5.97. The summed E-state index contributed by atoms with van der Waals surface area (Å²) in [5, 5.41) is 6.39. The molecular formula is C19H22N2O2. The standard InChI is InChI=1S/C19H22N2O2/c1-23-15-6-2-5-14(13-15)10-12-21-19(22)17-7-3-9-18-16(17)8-4-11-20-18/h2-3,5-7,9,13,20H,4,8,10-12H2,1H3,(H,21,22). The Hall–Kier alpha value is -2.49. The van der Waals surface area contributed by atoms with Gasteiger partial charge in [0.1, 0.15) is 5.75 Å². The Bertz CT molecular complexity index is 698. The minimum Gasteiger partial charge on any atom is -0.497 e. The molecule has 4 heteroatoms. The van der Waals surface area contributed by atoms with E-state index in [4.69, 9.17) is 4.74 Å². The lowest BCUT2D eigenvalue weighted by molar-refractivity contribution is 0.0953. The third kappa shape index (κ3) is 3.65. The molecule has 0 spiro atoms. The van der Waals surface area contributed by atoms with Crippen molar-refractivity contribution in [3.8, 4) is 5.75 Å². The minimum absolute atomic E-state index is 0.00782. The highest BCUT2D eigenvalue weighted by Crippen LogP contribution is 2.25. The quantitative estimate of drug-likeness (QED) is 0.892. The van der Waals surface area contributed by atoms with Gasteiger partial charge >= 0.3 is 0 Å². The monoisotopic (exact) mass is 310 g/mol. The van der Waals surface area contributed by atoms with Gasteiger partial charge in [0.25, 0.3) is 5.91 Å². The zero-order valence-corrected chi connectivity index (χ0v) is 13.4. The molecule has 0 aliphatic carbocycles. The summed E-state index contributed by atoms with van der Waals surface area (Å²) in [5.74, 6) is 0.852. The first-order valence-corrected chi connectivity index (χ1v) is 8.05. The Morgan fingerprint density at radius 1 is 1.26 bits per heavy atom. The lowest BCUT2D eigenvalue weighted by Gasteiger charge is -2.20. The lowest BCUT2D eigenvalue weighted by Crippen LogP contribution is -2.27. The Balaban J connectivity index is 1.61. The molecule has 0 unspecified atom stereocenters. The molecule has 1 aliphatic heterocycles. The van der Waals surface area contributed by atoms with Crippen molar-refractivity contribution < 1.29 is 9.53 Å². The number of hydrogen-bond acceptors (Lipinski definition) is 3. The van der Waals surface area contributed by atoms with Crippen LogP contribution in [0.2, 0.25) is 0 Å². The predicted molar refractivity (Wildman–Crippen MR) is 92.3 cm³/mol. The smallest absolute Gasteiger partial charge is 0.251 e. The van der Waals surface area contributed by atoms with Gasteiger partial charge in [0.15, 0.2) is 0 Å². The lowest BCUT2D eigenvalue weighted by atomic mass is 9.97. The average molecular weight is 310 g/mol. The van der Waals surface area contributed by atoms with Crippen molar-refractivity contribution in [1.29, 1.82) is 0 Å². The van der Waals surface area contributed by atoms with Crippen molar-refractivity contribution in [2.75, 3.05) is 25.5 Å². The second-order valence-electron chi connectivity index (χ2n) is 5.72. The molecule has 120 valence electrons. The van der Waals surface area contributed by atoms with Gasteiger partial charge in [0.2, 0.25) is 0 Å². The first kappa shape index (κ1) is 15.4. The van der Waals surface area contributed by atoms with Gasteiger partial charge in [0, 0.05) is 24.3 Å². The number of anilines is 1. The van der Waals surface area contributed by atoms with Crippen LogP contribution in [0.5, 0.6) is 5.75 Å². The maximum absolute atomic E-state index is 12.5. The van der Waals surface area contributed by atoms with Crippen molar-refractivity contribution in [3.05, 3.63) is 59.2 Å². The van der Waals surface area contributed by atoms with Gasteiger partial charge in [-0.25, -0.2) is 0 Å². The van der Waals surface area contributed by atoms with Crippen molar-refractivity contribution in [2.24, 2.45) is 0 Å². The van der Waals surface area contributed by atoms with Crippen LogP contribution in [0, 0.1) is 0 Å². The summed E-state index contributed by atoms with van der Waals surface area (Å²) in [6.45, 7) is 1.59. The Morgan fingerprint density at radius 3 is 3.00 bits per heavy atom. The zero-order valence-electron chi connectivity index (χ0n) is 13.4. The molecule has 0 aromatic heterocycles. The maximum Gasteiger partial charge on any atom is 0.251 e. The molecule has 2 aromatic carbocycles. The summed E-state index contributed by atoms with van der Waals surface area (Å²) < 4.78 is 5.22. The fourth-order valence-electron chi connectivity index (χ4n) is 2.97. The van der Waals surface area contributed by atoms with Crippen molar-refractivity contribution in [2.45, 2.75) is 19.3 Å². The topological polar surface area (TPSA) is 50.4 Å². The number of hydrogen-bond donors (Lipinski definition) is 2. The van der Waals surface area contributed by atoms with Gasteiger partial charge in [-0.3, -0.25) is 4.79 Å². The van der Waals surface area contributed by atoms with E-state index in [1.54, 1.807) is 7.11 Å². The van der Waals surface area contributed by atoms with Crippen LogP contribution in [-0.4, -0.2) is 26.1 Å². The number of carbonyl (C=O) groups excluding carboxylic acids is 1. The van der Waals surface area contributed by atoms with Crippen LogP contribution in [0.3, 0.4) is 0 Å².